The lowest BCUT2D eigenvalue weighted by molar-refractivity contribution is -0.456. The number of unbranched alkanes of at least 4 members (excludes halogenated alkanes) is 11. The summed E-state index contributed by atoms with van der Waals surface area (Å²) >= 11 is 0. The monoisotopic (exact) mass is 387 g/mol. The van der Waals surface area contributed by atoms with E-state index in [0.717, 1.165) is 24.4 Å². The first-order valence-corrected chi connectivity index (χ1v) is 11.1. The Kier molecular flexibility index (Phi) is 13.9. The maximum Gasteiger partial charge on any atom is 0.343 e. The SMILES string of the molecule is CCCCCCCCCCCCCC[O+]=C1C=CC(=CC=C(C)C(=O)O)C=C1. The molecule has 0 aliphatic heterocycles. The Bertz CT molecular complexity index is 573. The average Bonchev–Trinajstić information content (AvgIpc) is 2.70. The molecule has 0 spiro atoms. The molecule has 1 N–H and O–H groups in total. The highest BCUT2D eigenvalue weighted by molar-refractivity contribution is 6.01. The van der Waals surface area contributed by atoms with Gasteiger partial charge in [-0.3, -0.25) is 4.42 Å². The fourth-order valence-corrected chi connectivity index (χ4v) is 3.10. The quantitative estimate of drug-likeness (QED) is 0.189. The standard InChI is InChI=1S/C25H38O3/c1-3-4-5-6-7-8-9-10-11-12-13-14-21-28-24-19-17-23(18-20-24)16-15-22(2)25(26)27/h15-20H,3-14,21H2,1-2H3/p+1. The van der Waals surface area contributed by atoms with Crippen molar-refractivity contribution in [2.75, 3.05) is 6.61 Å². The molecule has 0 bridgehead atoms. The van der Waals surface area contributed by atoms with Gasteiger partial charge in [-0.15, -0.1) is 0 Å². The van der Waals surface area contributed by atoms with Gasteiger partial charge >= 0.3 is 11.8 Å². The Morgan fingerprint density at radius 3 is 1.86 bits per heavy atom. The predicted octanol–water partition coefficient (Wildman–Crippen LogP) is 6.88. The van der Waals surface area contributed by atoms with Crippen LogP contribution in [-0.2, 0) is 9.22 Å². The van der Waals surface area contributed by atoms with Gasteiger partial charge in [0.25, 0.3) is 6.61 Å². The number of carboxylic acid groups (broad SMARTS) is 1. The second-order valence-electron chi connectivity index (χ2n) is 7.63. The minimum atomic E-state index is -0.890. The summed E-state index contributed by atoms with van der Waals surface area (Å²) in [5.41, 5.74) is 1.30. The van der Waals surface area contributed by atoms with Crippen LogP contribution in [0.4, 0.5) is 0 Å². The van der Waals surface area contributed by atoms with Crippen LogP contribution in [-0.4, -0.2) is 23.5 Å². The number of rotatable bonds is 15. The molecule has 0 aromatic heterocycles. The molecular weight excluding hydrogens is 348 g/mol. The number of aliphatic carboxylic acids is 1. The molecule has 0 unspecified atom stereocenters. The summed E-state index contributed by atoms with van der Waals surface area (Å²) in [4.78, 5) is 10.8. The molecule has 3 heteroatoms. The molecular formula is C25H39O3+. The van der Waals surface area contributed by atoms with Crippen LogP contribution in [0, 0.1) is 0 Å². The largest absolute Gasteiger partial charge is 0.478 e. The molecule has 156 valence electrons. The minimum absolute atomic E-state index is 0.326. The zero-order chi connectivity index (χ0) is 20.5. The topological polar surface area (TPSA) is 48.6 Å². The van der Waals surface area contributed by atoms with E-state index in [0.29, 0.717) is 5.57 Å². The van der Waals surface area contributed by atoms with E-state index in [1.54, 1.807) is 19.1 Å². The van der Waals surface area contributed by atoms with E-state index in [2.05, 4.69) is 6.92 Å². The van der Waals surface area contributed by atoms with E-state index in [1.165, 1.54) is 70.6 Å². The molecule has 0 heterocycles. The normalized spacial score (nSPS) is 13.9. The Morgan fingerprint density at radius 1 is 0.857 bits per heavy atom. The van der Waals surface area contributed by atoms with Gasteiger partial charge in [0.05, 0.1) is 0 Å². The van der Waals surface area contributed by atoms with Gasteiger partial charge in [0.15, 0.2) is 0 Å². The highest BCUT2D eigenvalue weighted by Crippen LogP contribution is 2.12. The van der Waals surface area contributed by atoms with Crippen LogP contribution >= 0.6 is 0 Å². The number of ketones is 1. The summed E-state index contributed by atoms with van der Waals surface area (Å²) in [5, 5.41) is 8.84. The Labute approximate surface area is 171 Å². The maximum atomic E-state index is 10.8. The Hall–Kier alpha value is -1.90. The smallest absolute Gasteiger partial charge is 0.343 e. The summed E-state index contributed by atoms with van der Waals surface area (Å²) in [7, 11) is 0. The van der Waals surface area contributed by atoms with Crippen LogP contribution in [0.25, 0.3) is 0 Å². The van der Waals surface area contributed by atoms with Crippen molar-refractivity contribution in [1.82, 2.24) is 0 Å². The molecule has 0 radical (unpaired) electrons. The van der Waals surface area contributed by atoms with Crippen LogP contribution in [0.5, 0.6) is 0 Å². The van der Waals surface area contributed by atoms with Gasteiger partial charge in [-0.2, -0.15) is 0 Å². The first kappa shape index (κ1) is 24.1. The van der Waals surface area contributed by atoms with Crippen molar-refractivity contribution < 1.29 is 14.3 Å². The fourth-order valence-electron chi connectivity index (χ4n) is 3.10. The molecule has 0 aromatic carbocycles. The van der Waals surface area contributed by atoms with Gasteiger partial charge in [-0.25, -0.2) is 4.79 Å². The van der Waals surface area contributed by atoms with Crippen LogP contribution in [0.3, 0.4) is 0 Å². The van der Waals surface area contributed by atoms with Gasteiger partial charge in [-0.1, -0.05) is 83.3 Å². The average molecular weight is 388 g/mol. The Balaban J connectivity index is 2.05. The predicted molar refractivity (Wildman–Crippen MR) is 119 cm³/mol. The third-order valence-corrected chi connectivity index (χ3v) is 5.01. The first-order valence-electron chi connectivity index (χ1n) is 11.1. The third-order valence-electron chi connectivity index (χ3n) is 5.01. The van der Waals surface area contributed by atoms with E-state index < -0.39 is 5.97 Å². The highest BCUT2D eigenvalue weighted by Gasteiger charge is 2.07. The minimum Gasteiger partial charge on any atom is -0.478 e. The number of carboxylic acids is 1. The van der Waals surface area contributed by atoms with Crippen molar-refractivity contribution in [1.29, 1.82) is 0 Å². The summed E-state index contributed by atoms with van der Waals surface area (Å²) < 4.78 is 5.79. The Morgan fingerprint density at radius 2 is 1.36 bits per heavy atom. The van der Waals surface area contributed by atoms with E-state index >= 15 is 0 Å². The molecule has 0 saturated heterocycles. The third kappa shape index (κ3) is 12.5. The molecule has 1 rings (SSSR count). The summed E-state index contributed by atoms with van der Waals surface area (Å²) in [6.45, 7) is 4.62. The lowest BCUT2D eigenvalue weighted by Crippen LogP contribution is -2.00. The van der Waals surface area contributed by atoms with Gasteiger partial charge in [0.1, 0.15) is 0 Å². The highest BCUT2D eigenvalue weighted by atomic mass is 16.4. The first-order chi connectivity index (χ1) is 13.6. The second-order valence-corrected chi connectivity index (χ2v) is 7.63. The van der Waals surface area contributed by atoms with Gasteiger partial charge in [0, 0.05) is 24.1 Å². The van der Waals surface area contributed by atoms with Crippen LogP contribution in [0.15, 0.2) is 47.6 Å². The lowest BCUT2D eigenvalue weighted by Gasteiger charge is -2.01. The molecule has 0 fully saturated rings. The van der Waals surface area contributed by atoms with E-state index in [9.17, 15) is 4.79 Å². The molecule has 3 nitrogen and oxygen atoms in total. The maximum absolute atomic E-state index is 10.8. The number of hydrogen-bond acceptors (Lipinski definition) is 1. The zero-order valence-electron chi connectivity index (χ0n) is 17.9. The molecule has 0 saturated carbocycles. The number of carbonyl (C=O) groups excluding carboxylic acids is 1. The molecule has 1 aliphatic rings. The number of allylic oxidation sites excluding steroid dienone is 7. The zero-order valence-corrected chi connectivity index (χ0v) is 17.9. The molecule has 0 amide bonds. The lowest BCUT2D eigenvalue weighted by atomic mass is 10.1. The molecule has 28 heavy (non-hydrogen) atoms. The van der Waals surface area contributed by atoms with Crippen molar-refractivity contribution in [3.63, 3.8) is 0 Å². The van der Waals surface area contributed by atoms with Gasteiger partial charge in [0.2, 0.25) is 0 Å². The van der Waals surface area contributed by atoms with E-state index in [-0.39, 0.29) is 0 Å². The van der Waals surface area contributed by atoms with Crippen LogP contribution in [0.2, 0.25) is 0 Å². The van der Waals surface area contributed by atoms with Gasteiger partial charge < -0.3 is 5.11 Å². The molecule has 0 aromatic rings. The summed E-state index contributed by atoms with van der Waals surface area (Å²) in [5.74, 6) is -0.0160. The number of carbonyl (C=O) groups is 1. The molecule has 1 aliphatic carbocycles. The second kappa shape index (κ2) is 16.1. The van der Waals surface area contributed by atoms with Crippen LogP contribution in [0.1, 0.15) is 90.9 Å². The summed E-state index contributed by atoms with van der Waals surface area (Å²) in [6.07, 6.45) is 27.4. The molecule has 0 atom stereocenters. The van der Waals surface area contributed by atoms with Crippen molar-refractivity contribution in [2.45, 2.75) is 90.9 Å². The number of hydrogen-bond donors (Lipinski definition) is 1. The van der Waals surface area contributed by atoms with E-state index in [1.807, 2.05) is 24.3 Å². The van der Waals surface area contributed by atoms with Gasteiger partial charge in [-0.05, 0) is 31.1 Å². The van der Waals surface area contributed by atoms with Crippen molar-refractivity contribution in [3.05, 3.63) is 47.6 Å². The van der Waals surface area contributed by atoms with Crippen molar-refractivity contribution >= 4 is 11.8 Å². The van der Waals surface area contributed by atoms with Crippen molar-refractivity contribution in [3.8, 4) is 0 Å². The fraction of sp³-hybridized carbons (Fsp3) is 0.600. The van der Waals surface area contributed by atoms with Crippen LogP contribution < -0.4 is 0 Å². The van der Waals surface area contributed by atoms with Crippen molar-refractivity contribution in [2.24, 2.45) is 0 Å². The summed E-state index contributed by atoms with van der Waals surface area (Å²) in [6, 6.07) is 0. The van der Waals surface area contributed by atoms with E-state index in [4.69, 9.17) is 9.53 Å².